The SMILES string of the molecule is CCOC(C)(CN)CCC(C)C. The van der Waals surface area contributed by atoms with E-state index >= 15 is 0 Å². The molecule has 2 heteroatoms. The number of hydrogen-bond acceptors (Lipinski definition) is 2. The van der Waals surface area contributed by atoms with Gasteiger partial charge in [-0.3, -0.25) is 0 Å². The number of rotatable bonds is 6. The second kappa shape index (κ2) is 5.55. The van der Waals surface area contributed by atoms with Gasteiger partial charge in [-0.05, 0) is 32.6 Å². The van der Waals surface area contributed by atoms with Gasteiger partial charge in [-0.1, -0.05) is 13.8 Å². The Kier molecular flexibility index (Phi) is 5.51. The lowest BCUT2D eigenvalue weighted by Crippen LogP contribution is -2.37. The average Bonchev–Trinajstić information content (AvgIpc) is 2.02. The fraction of sp³-hybridized carbons (Fsp3) is 1.00. The summed E-state index contributed by atoms with van der Waals surface area (Å²) in [6.45, 7) is 9.94. The highest BCUT2D eigenvalue weighted by atomic mass is 16.5. The Hall–Kier alpha value is -0.0800. The summed E-state index contributed by atoms with van der Waals surface area (Å²) in [5.41, 5.74) is 5.56. The molecule has 0 saturated heterocycles. The van der Waals surface area contributed by atoms with Crippen molar-refractivity contribution in [2.45, 2.75) is 46.1 Å². The minimum Gasteiger partial charge on any atom is -0.374 e. The Morgan fingerprint density at radius 3 is 2.33 bits per heavy atom. The van der Waals surface area contributed by atoms with Crippen molar-refractivity contribution >= 4 is 0 Å². The normalized spacial score (nSPS) is 16.5. The Labute approximate surface area is 76.5 Å². The number of ether oxygens (including phenoxy) is 1. The van der Waals surface area contributed by atoms with Crippen molar-refractivity contribution in [3.05, 3.63) is 0 Å². The topological polar surface area (TPSA) is 35.2 Å². The van der Waals surface area contributed by atoms with E-state index in [2.05, 4.69) is 20.8 Å². The molecular weight excluding hydrogens is 150 g/mol. The highest BCUT2D eigenvalue weighted by Crippen LogP contribution is 2.19. The second-order valence-corrected chi connectivity index (χ2v) is 4.02. The molecule has 74 valence electrons. The summed E-state index contributed by atoms with van der Waals surface area (Å²) in [4.78, 5) is 0. The first kappa shape index (κ1) is 11.9. The van der Waals surface area contributed by atoms with Gasteiger partial charge in [0.15, 0.2) is 0 Å². The van der Waals surface area contributed by atoms with Crippen LogP contribution in [0.1, 0.15) is 40.5 Å². The van der Waals surface area contributed by atoms with Crippen molar-refractivity contribution in [2.75, 3.05) is 13.2 Å². The predicted molar refractivity (Wildman–Crippen MR) is 53.2 cm³/mol. The fourth-order valence-electron chi connectivity index (χ4n) is 1.18. The lowest BCUT2D eigenvalue weighted by Gasteiger charge is -2.28. The molecule has 0 bridgehead atoms. The van der Waals surface area contributed by atoms with Crippen LogP contribution in [0.15, 0.2) is 0 Å². The van der Waals surface area contributed by atoms with Crippen LogP contribution < -0.4 is 5.73 Å². The molecule has 0 aromatic rings. The van der Waals surface area contributed by atoms with Crippen molar-refractivity contribution in [3.8, 4) is 0 Å². The zero-order valence-corrected chi connectivity index (χ0v) is 8.89. The first-order valence-electron chi connectivity index (χ1n) is 4.88. The molecule has 2 nitrogen and oxygen atoms in total. The fourth-order valence-corrected chi connectivity index (χ4v) is 1.18. The van der Waals surface area contributed by atoms with Crippen LogP contribution in [0, 0.1) is 5.92 Å². The van der Waals surface area contributed by atoms with Crippen LogP contribution in [0.5, 0.6) is 0 Å². The zero-order valence-electron chi connectivity index (χ0n) is 8.89. The summed E-state index contributed by atoms with van der Waals surface area (Å²) in [6, 6.07) is 0. The van der Waals surface area contributed by atoms with E-state index in [4.69, 9.17) is 10.5 Å². The molecule has 0 aliphatic rings. The second-order valence-electron chi connectivity index (χ2n) is 4.02. The van der Waals surface area contributed by atoms with E-state index in [1.165, 1.54) is 6.42 Å². The summed E-state index contributed by atoms with van der Waals surface area (Å²) in [5, 5.41) is 0. The molecular formula is C10H23NO. The van der Waals surface area contributed by atoms with Crippen LogP contribution in [0.25, 0.3) is 0 Å². The van der Waals surface area contributed by atoms with Gasteiger partial charge in [0.05, 0.1) is 5.60 Å². The lowest BCUT2D eigenvalue weighted by atomic mass is 9.95. The van der Waals surface area contributed by atoms with Gasteiger partial charge in [0.1, 0.15) is 0 Å². The van der Waals surface area contributed by atoms with E-state index in [9.17, 15) is 0 Å². The number of hydrogen-bond donors (Lipinski definition) is 1. The third-order valence-electron chi connectivity index (χ3n) is 2.18. The molecule has 1 atom stereocenters. The molecule has 0 aromatic heterocycles. The maximum absolute atomic E-state index is 5.65. The Morgan fingerprint density at radius 1 is 1.42 bits per heavy atom. The molecule has 0 rings (SSSR count). The minimum atomic E-state index is -0.0982. The first-order valence-corrected chi connectivity index (χ1v) is 4.88. The van der Waals surface area contributed by atoms with E-state index in [0.717, 1.165) is 18.9 Å². The summed E-state index contributed by atoms with van der Waals surface area (Å²) < 4.78 is 5.60. The van der Waals surface area contributed by atoms with Crippen LogP contribution in [-0.4, -0.2) is 18.8 Å². The van der Waals surface area contributed by atoms with Crippen LogP contribution in [-0.2, 0) is 4.74 Å². The molecule has 0 amide bonds. The van der Waals surface area contributed by atoms with Crippen molar-refractivity contribution in [1.29, 1.82) is 0 Å². The standard InChI is InChI=1S/C10H23NO/c1-5-12-10(4,8-11)7-6-9(2)3/h9H,5-8,11H2,1-4H3. The van der Waals surface area contributed by atoms with Gasteiger partial charge >= 0.3 is 0 Å². The summed E-state index contributed by atoms with van der Waals surface area (Å²) in [7, 11) is 0. The molecule has 2 N–H and O–H groups in total. The summed E-state index contributed by atoms with van der Waals surface area (Å²) in [6.07, 6.45) is 2.25. The van der Waals surface area contributed by atoms with Crippen molar-refractivity contribution in [3.63, 3.8) is 0 Å². The molecule has 0 radical (unpaired) electrons. The Bertz CT molecular complexity index is 114. The lowest BCUT2D eigenvalue weighted by molar-refractivity contribution is -0.0270. The number of nitrogens with two attached hydrogens (primary N) is 1. The smallest absolute Gasteiger partial charge is 0.0776 e. The third kappa shape index (κ3) is 4.73. The van der Waals surface area contributed by atoms with Crippen molar-refractivity contribution < 1.29 is 4.74 Å². The minimum absolute atomic E-state index is 0.0982. The van der Waals surface area contributed by atoms with Crippen molar-refractivity contribution in [2.24, 2.45) is 11.7 Å². The van der Waals surface area contributed by atoms with E-state index in [1.54, 1.807) is 0 Å². The summed E-state index contributed by atoms with van der Waals surface area (Å²) >= 11 is 0. The predicted octanol–water partition coefficient (Wildman–Crippen LogP) is 2.18. The maximum atomic E-state index is 5.65. The molecule has 0 heterocycles. The van der Waals surface area contributed by atoms with E-state index in [-0.39, 0.29) is 5.60 Å². The first-order chi connectivity index (χ1) is 5.54. The van der Waals surface area contributed by atoms with Gasteiger partial charge in [0.25, 0.3) is 0 Å². The zero-order chi connectivity index (χ0) is 9.61. The summed E-state index contributed by atoms with van der Waals surface area (Å²) in [5.74, 6) is 0.733. The molecule has 0 spiro atoms. The molecule has 0 saturated carbocycles. The van der Waals surface area contributed by atoms with Crippen LogP contribution in [0.3, 0.4) is 0 Å². The monoisotopic (exact) mass is 173 g/mol. The van der Waals surface area contributed by atoms with Gasteiger partial charge in [-0.15, -0.1) is 0 Å². The van der Waals surface area contributed by atoms with Gasteiger partial charge in [0.2, 0.25) is 0 Å². The molecule has 0 aromatic carbocycles. The third-order valence-corrected chi connectivity index (χ3v) is 2.18. The van der Waals surface area contributed by atoms with Crippen LogP contribution >= 0.6 is 0 Å². The molecule has 12 heavy (non-hydrogen) atoms. The Morgan fingerprint density at radius 2 is 2.00 bits per heavy atom. The average molecular weight is 173 g/mol. The van der Waals surface area contributed by atoms with E-state index in [0.29, 0.717) is 6.54 Å². The van der Waals surface area contributed by atoms with Gasteiger partial charge in [0, 0.05) is 13.2 Å². The molecule has 1 unspecified atom stereocenters. The largest absolute Gasteiger partial charge is 0.374 e. The van der Waals surface area contributed by atoms with Crippen LogP contribution in [0.2, 0.25) is 0 Å². The van der Waals surface area contributed by atoms with Gasteiger partial charge < -0.3 is 10.5 Å². The molecule has 0 fully saturated rings. The maximum Gasteiger partial charge on any atom is 0.0776 e. The quantitative estimate of drug-likeness (QED) is 0.668. The molecule has 0 aliphatic heterocycles. The highest BCUT2D eigenvalue weighted by molar-refractivity contribution is 4.76. The van der Waals surface area contributed by atoms with E-state index < -0.39 is 0 Å². The van der Waals surface area contributed by atoms with Crippen LogP contribution in [0.4, 0.5) is 0 Å². The highest BCUT2D eigenvalue weighted by Gasteiger charge is 2.22. The Balaban J connectivity index is 3.78. The van der Waals surface area contributed by atoms with E-state index in [1.807, 2.05) is 6.92 Å². The molecule has 0 aliphatic carbocycles. The van der Waals surface area contributed by atoms with Crippen molar-refractivity contribution in [1.82, 2.24) is 0 Å². The van der Waals surface area contributed by atoms with Gasteiger partial charge in [-0.2, -0.15) is 0 Å². The van der Waals surface area contributed by atoms with Gasteiger partial charge in [-0.25, -0.2) is 0 Å².